The van der Waals surface area contributed by atoms with E-state index in [1.165, 1.54) is 7.11 Å². The van der Waals surface area contributed by atoms with Crippen LogP contribution in [0.3, 0.4) is 0 Å². The fourth-order valence-electron chi connectivity index (χ4n) is 0.229. The van der Waals surface area contributed by atoms with E-state index in [1.807, 2.05) is 0 Å². The fourth-order valence-corrected chi connectivity index (χ4v) is 0.335. The van der Waals surface area contributed by atoms with Gasteiger partial charge in [-0.05, 0) is 6.92 Å². The molecule has 0 rings (SSSR count). The Kier molecular flexibility index (Phi) is 3.64. The van der Waals surface area contributed by atoms with E-state index in [9.17, 15) is 4.79 Å². The molecule has 1 atom stereocenters. The number of carbonyl (C=O) groups is 1. The molecule has 0 spiro atoms. The van der Waals surface area contributed by atoms with Crippen LogP contribution in [0.4, 0.5) is 0 Å². The molecule has 0 aromatic heterocycles. The minimum absolute atomic E-state index is 0.306. The van der Waals surface area contributed by atoms with E-state index in [2.05, 4.69) is 22.3 Å². The third-order valence-electron chi connectivity index (χ3n) is 0.748. The third kappa shape index (κ3) is 2.18. The second-order valence-corrected chi connectivity index (χ2v) is 1.63. The van der Waals surface area contributed by atoms with Crippen molar-refractivity contribution in [2.45, 2.75) is 13.0 Å². The van der Waals surface area contributed by atoms with Crippen LogP contribution in [0.1, 0.15) is 6.92 Å². The Bertz CT molecular complexity index is 86.1. The van der Waals surface area contributed by atoms with Gasteiger partial charge in [0.1, 0.15) is 6.04 Å². The number of carbonyl (C=O) groups excluding carboxylic acids is 1. The molecule has 0 saturated heterocycles. The van der Waals surface area contributed by atoms with E-state index in [-0.39, 0.29) is 12.0 Å². The zero-order chi connectivity index (χ0) is 6.57. The van der Waals surface area contributed by atoms with E-state index in [1.54, 1.807) is 6.92 Å². The molecular weight excluding hydrogens is 126 g/mol. The molecule has 0 fully saturated rings. The summed E-state index contributed by atoms with van der Waals surface area (Å²) >= 11 is 3.66. The molecule has 0 aliphatic carbocycles. The van der Waals surface area contributed by atoms with E-state index in [0.717, 1.165) is 0 Å². The largest absolute Gasteiger partial charge is 0.468 e. The van der Waals surface area contributed by atoms with Gasteiger partial charge in [-0.25, -0.2) is 0 Å². The van der Waals surface area contributed by atoms with Gasteiger partial charge in [0.05, 0.1) is 7.11 Å². The molecule has 4 heteroatoms. The van der Waals surface area contributed by atoms with Gasteiger partial charge in [-0.3, -0.25) is 9.52 Å². The van der Waals surface area contributed by atoms with Crippen LogP contribution in [0, 0.1) is 0 Å². The zero-order valence-corrected chi connectivity index (χ0v) is 5.74. The number of methoxy groups -OCH3 is 1. The van der Waals surface area contributed by atoms with E-state index >= 15 is 0 Å². The van der Waals surface area contributed by atoms with Crippen LogP contribution < -0.4 is 4.72 Å². The number of hydrogen-bond donors (Lipinski definition) is 2. The summed E-state index contributed by atoms with van der Waals surface area (Å²) in [7, 11) is 1.34. The van der Waals surface area contributed by atoms with Crippen LogP contribution in [-0.4, -0.2) is 19.1 Å². The molecule has 0 aliphatic rings. The summed E-state index contributed by atoms with van der Waals surface area (Å²) in [5.74, 6) is -0.306. The Morgan fingerprint density at radius 1 is 1.88 bits per heavy atom. The quantitative estimate of drug-likeness (QED) is 0.413. The van der Waals surface area contributed by atoms with Crippen LogP contribution in [-0.2, 0) is 9.53 Å². The first-order chi connectivity index (χ1) is 3.72. The number of ether oxygens (including phenoxy) is 1. The van der Waals surface area contributed by atoms with Gasteiger partial charge < -0.3 is 4.74 Å². The average molecular weight is 135 g/mol. The van der Waals surface area contributed by atoms with Gasteiger partial charge in [-0.2, -0.15) is 0 Å². The van der Waals surface area contributed by atoms with Gasteiger partial charge in [0.2, 0.25) is 0 Å². The monoisotopic (exact) mass is 135 g/mol. The summed E-state index contributed by atoms with van der Waals surface area (Å²) < 4.78 is 6.79. The number of esters is 1. The predicted octanol–water partition coefficient (Wildman–Crippen LogP) is -0.0177. The topological polar surface area (TPSA) is 38.3 Å². The maximum absolute atomic E-state index is 10.4. The van der Waals surface area contributed by atoms with Gasteiger partial charge >= 0.3 is 5.97 Å². The van der Waals surface area contributed by atoms with Crippen molar-refractivity contribution in [1.29, 1.82) is 0 Å². The van der Waals surface area contributed by atoms with Gasteiger partial charge in [0.15, 0.2) is 0 Å². The van der Waals surface area contributed by atoms with Crippen molar-refractivity contribution in [1.82, 2.24) is 4.72 Å². The second-order valence-electron chi connectivity index (χ2n) is 1.37. The first-order valence-corrected chi connectivity index (χ1v) is 2.64. The lowest BCUT2D eigenvalue weighted by molar-refractivity contribution is -0.142. The minimum atomic E-state index is -0.330. The Balaban J connectivity index is 3.46. The molecular formula is C4H9NO2S. The highest BCUT2D eigenvalue weighted by Gasteiger charge is 2.08. The van der Waals surface area contributed by atoms with Crippen molar-refractivity contribution >= 4 is 18.8 Å². The van der Waals surface area contributed by atoms with Crippen LogP contribution in [0.5, 0.6) is 0 Å². The number of thiol groups is 1. The SMILES string of the molecule is COC(=O)C(C)NS. The molecule has 1 N–H and O–H groups in total. The third-order valence-corrected chi connectivity index (χ3v) is 1.14. The van der Waals surface area contributed by atoms with E-state index in [0.29, 0.717) is 0 Å². The number of hydrogen-bond acceptors (Lipinski definition) is 4. The van der Waals surface area contributed by atoms with Gasteiger partial charge in [-0.1, -0.05) is 12.8 Å². The molecule has 0 aromatic carbocycles. The average Bonchev–Trinajstić information content (AvgIpc) is 1.84. The Hall–Kier alpha value is -0.220. The smallest absolute Gasteiger partial charge is 0.323 e. The summed E-state index contributed by atoms with van der Waals surface area (Å²) in [6.45, 7) is 1.67. The Morgan fingerprint density at radius 3 is 2.50 bits per heavy atom. The van der Waals surface area contributed by atoms with Crippen molar-refractivity contribution in [2.75, 3.05) is 7.11 Å². The first kappa shape index (κ1) is 7.78. The molecule has 8 heavy (non-hydrogen) atoms. The second kappa shape index (κ2) is 3.74. The van der Waals surface area contributed by atoms with Crippen LogP contribution >= 0.6 is 12.8 Å². The van der Waals surface area contributed by atoms with Gasteiger partial charge in [0, 0.05) is 0 Å². The summed E-state index contributed by atoms with van der Waals surface area (Å²) in [5.41, 5.74) is 0. The highest BCUT2D eigenvalue weighted by molar-refractivity contribution is 7.78. The molecule has 0 heterocycles. The molecule has 0 aliphatic heterocycles. The van der Waals surface area contributed by atoms with E-state index < -0.39 is 0 Å². The molecule has 3 nitrogen and oxygen atoms in total. The lowest BCUT2D eigenvalue weighted by Gasteiger charge is -2.03. The molecule has 0 saturated carbocycles. The van der Waals surface area contributed by atoms with Crippen molar-refractivity contribution in [3.8, 4) is 0 Å². The summed E-state index contributed by atoms with van der Waals surface area (Å²) in [6, 6.07) is -0.330. The molecule has 0 amide bonds. The predicted molar refractivity (Wildman–Crippen MR) is 33.6 cm³/mol. The standard InChI is InChI=1S/C4H9NO2S/c1-3(5-8)4(6)7-2/h3,5,8H,1-2H3. The van der Waals surface area contributed by atoms with Crippen LogP contribution in [0.25, 0.3) is 0 Å². The van der Waals surface area contributed by atoms with Crippen molar-refractivity contribution in [2.24, 2.45) is 0 Å². The molecule has 0 bridgehead atoms. The Labute approximate surface area is 53.9 Å². The normalized spacial score (nSPS) is 12.9. The maximum Gasteiger partial charge on any atom is 0.323 e. The van der Waals surface area contributed by atoms with Crippen LogP contribution in [0.15, 0.2) is 0 Å². The highest BCUT2D eigenvalue weighted by atomic mass is 32.1. The maximum atomic E-state index is 10.4. The Morgan fingerprint density at radius 2 is 2.38 bits per heavy atom. The fraction of sp³-hybridized carbons (Fsp3) is 0.750. The van der Waals surface area contributed by atoms with E-state index in [4.69, 9.17) is 0 Å². The van der Waals surface area contributed by atoms with Crippen molar-refractivity contribution in [3.05, 3.63) is 0 Å². The zero-order valence-electron chi connectivity index (χ0n) is 4.84. The number of rotatable bonds is 2. The summed E-state index contributed by atoms with van der Waals surface area (Å²) in [5, 5.41) is 0. The number of nitrogens with one attached hydrogen (secondary N) is 1. The molecule has 0 radical (unpaired) electrons. The van der Waals surface area contributed by atoms with Crippen molar-refractivity contribution < 1.29 is 9.53 Å². The van der Waals surface area contributed by atoms with Crippen molar-refractivity contribution in [3.63, 3.8) is 0 Å². The molecule has 48 valence electrons. The van der Waals surface area contributed by atoms with Gasteiger partial charge in [-0.15, -0.1) is 0 Å². The summed E-state index contributed by atoms with van der Waals surface area (Å²) in [4.78, 5) is 10.4. The first-order valence-electron chi connectivity index (χ1n) is 2.19. The minimum Gasteiger partial charge on any atom is -0.468 e. The van der Waals surface area contributed by atoms with Gasteiger partial charge in [0.25, 0.3) is 0 Å². The molecule has 0 aromatic rings. The lowest BCUT2D eigenvalue weighted by atomic mass is 10.4. The molecule has 1 unspecified atom stereocenters. The summed E-state index contributed by atoms with van der Waals surface area (Å²) in [6.07, 6.45) is 0. The van der Waals surface area contributed by atoms with Crippen LogP contribution in [0.2, 0.25) is 0 Å². The lowest BCUT2D eigenvalue weighted by Crippen LogP contribution is -2.28. The highest BCUT2D eigenvalue weighted by Crippen LogP contribution is 1.84.